The standard InChI is InChI=1S/C12H15ClN4O3/c1-2-14-12(19)9-6-20-4-3-17(9)11-8(5-18)10(13)15-7-16-11/h5,7,9H,2-4,6H2,1H3,(H,14,19). The van der Waals surface area contributed by atoms with Gasteiger partial charge in [0.05, 0.1) is 18.8 Å². The number of likely N-dealkylation sites (N-methyl/N-ethyl adjacent to an activating group) is 1. The lowest BCUT2D eigenvalue weighted by Gasteiger charge is -2.35. The molecule has 0 aliphatic carbocycles. The van der Waals surface area contributed by atoms with Crippen molar-refractivity contribution >= 4 is 29.6 Å². The number of ether oxygens (including phenoxy) is 1. The molecule has 1 atom stereocenters. The van der Waals surface area contributed by atoms with E-state index < -0.39 is 6.04 Å². The lowest BCUT2D eigenvalue weighted by atomic mass is 10.2. The maximum absolute atomic E-state index is 12.1. The third-order valence-corrected chi connectivity index (χ3v) is 3.29. The van der Waals surface area contributed by atoms with Crippen LogP contribution >= 0.6 is 11.6 Å². The largest absolute Gasteiger partial charge is 0.377 e. The van der Waals surface area contributed by atoms with Crippen LogP contribution in [0, 0.1) is 0 Å². The van der Waals surface area contributed by atoms with E-state index in [1.807, 2.05) is 6.92 Å². The van der Waals surface area contributed by atoms with Gasteiger partial charge in [-0.25, -0.2) is 9.97 Å². The summed E-state index contributed by atoms with van der Waals surface area (Å²) in [7, 11) is 0. The van der Waals surface area contributed by atoms with Crippen LogP contribution in [-0.4, -0.2) is 54.5 Å². The lowest BCUT2D eigenvalue weighted by molar-refractivity contribution is -0.124. The summed E-state index contributed by atoms with van der Waals surface area (Å²) in [6.45, 7) is 3.51. The number of rotatable bonds is 4. The number of carbonyl (C=O) groups is 2. The molecule has 1 aromatic rings. The van der Waals surface area contributed by atoms with Crippen LogP contribution in [0.4, 0.5) is 5.82 Å². The van der Waals surface area contributed by atoms with E-state index in [0.29, 0.717) is 31.8 Å². The second-order valence-corrected chi connectivity index (χ2v) is 4.56. The predicted molar refractivity (Wildman–Crippen MR) is 73.1 cm³/mol. The fourth-order valence-corrected chi connectivity index (χ4v) is 2.23. The van der Waals surface area contributed by atoms with Gasteiger partial charge in [-0.15, -0.1) is 0 Å². The van der Waals surface area contributed by atoms with Gasteiger partial charge in [0.1, 0.15) is 23.3 Å². The molecule has 1 aromatic heterocycles. The molecule has 2 heterocycles. The van der Waals surface area contributed by atoms with E-state index in [1.54, 1.807) is 4.90 Å². The Morgan fingerprint density at radius 2 is 2.45 bits per heavy atom. The summed E-state index contributed by atoms with van der Waals surface area (Å²) in [5.74, 6) is 0.193. The molecule has 0 spiro atoms. The molecule has 1 unspecified atom stereocenters. The predicted octanol–water partition coefficient (Wildman–Crippen LogP) is 0.284. The van der Waals surface area contributed by atoms with Crippen molar-refractivity contribution in [3.8, 4) is 0 Å². The van der Waals surface area contributed by atoms with Crippen LogP contribution in [0.5, 0.6) is 0 Å². The number of morpholine rings is 1. The average Bonchev–Trinajstić information content (AvgIpc) is 2.47. The van der Waals surface area contributed by atoms with Crippen LogP contribution in [-0.2, 0) is 9.53 Å². The summed E-state index contributed by atoms with van der Waals surface area (Å²) in [4.78, 5) is 32.8. The zero-order chi connectivity index (χ0) is 14.5. The number of nitrogens with one attached hydrogen (secondary N) is 1. The zero-order valence-corrected chi connectivity index (χ0v) is 11.8. The fourth-order valence-electron chi connectivity index (χ4n) is 2.06. The number of aldehydes is 1. The molecule has 108 valence electrons. The molecule has 1 aliphatic heterocycles. The summed E-state index contributed by atoms with van der Waals surface area (Å²) < 4.78 is 5.34. The van der Waals surface area contributed by atoms with Gasteiger partial charge in [0.25, 0.3) is 0 Å². The molecule has 0 saturated carbocycles. The Bertz CT molecular complexity index is 511. The van der Waals surface area contributed by atoms with Crippen molar-refractivity contribution in [3.63, 3.8) is 0 Å². The first-order chi connectivity index (χ1) is 9.69. The lowest BCUT2D eigenvalue weighted by Crippen LogP contribution is -2.54. The quantitative estimate of drug-likeness (QED) is 0.635. The van der Waals surface area contributed by atoms with Crippen LogP contribution < -0.4 is 10.2 Å². The van der Waals surface area contributed by atoms with Gasteiger partial charge in [-0.05, 0) is 6.92 Å². The summed E-state index contributed by atoms with van der Waals surface area (Å²) >= 11 is 5.90. The average molecular weight is 299 g/mol. The smallest absolute Gasteiger partial charge is 0.245 e. The Morgan fingerprint density at radius 3 is 3.15 bits per heavy atom. The Balaban J connectivity index is 2.35. The summed E-state index contributed by atoms with van der Waals surface area (Å²) in [5.41, 5.74) is 0.186. The number of nitrogens with zero attached hydrogens (tertiary/aromatic N) is 3. The second kappa shape index (κ2) is 6.62. The summed E-state index contributed by atoms with van der Waals surface area (Å²) in [6, 6.07) is -0.534. The molecule has 1 amide bonds. The molecule has 7 nitrogen and oxygen atoms in total. The maximum Gasteiger partial charge on any atom is 0.245 e. The van der Waals surface area contributed by atoms with Gasteiger partial charge in [0.2, 0.25) is 5.91 Å². The molecule has 0 radical (unpaired) electrons. The minimum absolute atomic E-state index is 0.0751. The number of amides is 1. The van der Waals surface area contributed by atoms with E-state index in [9.17, 15) is 9.59 Å². The van der Waals surface area contributed by atoms with E-state index >= 15 is 0 Å². The van der Waals surface area contributed by atoms with Gasteiger partial charge < -0.3 is 15.0 Å². The number of anilines is 1. The first-order valence-corrected chi connectivity index (χ1v) is 6.64. The van der Waals surface area contributed by atoms with Crippen LogP contribution in [0.2, 0.25) is 5.15 Å². The molecule has 1 N–H and O–H groups in total. The van der Waals surface area contributed by atoms with Crippen LogP contribution in [0.15, 0.2) is 6.33 Å². The molecule has 1 aliphatic rings. The Labute approximate surface area is 121 Å². The number of halogens is 1. The zero-order valence-electron chi connectivity index (χ0n) is 11.0. The molecule has 2 rings (SSSR count). The topological polar surface area (TPSA) is 84.4 Å². The van der Waals surface area contributed by atoms with Gasteiger partial charge in [-0.3, -0.25) is 9.59 Å². The highest BCUT2D eigenvalue weighted by Gasteiger charge is 2.32. The molecule has 0 aromatic carbocycles. The summed E-state index contributed by atoms with van der Waals surface area (Å²) in [6.07, 6.45) is 1.87. The van der Waals surface area contributed by atoms with E-state index in [-0.39, 0.29) is 23.2 Å². The molecule has 8 heteroatoms. The van der Waals surface area contributed by atoms with Crippen LogP contribution in [0.1, 0.15) is 17.3 Å². The maximum atomic E-state index is 12.1. The monoisotopic (exact) mass is 298 g/mol. The highest BCUT2D eigenvalue weighted by molar-refractivity contribution is 6.32. The minimum atomic E-state index is -0.534. The third-order valence-electron chi connectivity index (χ3n) is 2.99. The molecular weight excluding hydrogens is 284 g/mol. The number of hydrogen-bond acceptors (Lipinski definition) is 6. The van der Waals surface area contributed by atoms with Crippen molar-refractivity contribution < 1.29 is 14.3 Å². The van der Waals surface area contributed by atoms with Gasteiger partial charge >= 0.3 is 0 Å². The Hall–Kier alpha value is -1.73. The fraction of sp³-hybridized carbons (Fsp3) is 0.500. The van der Waals surface area contributed by atoms with E-state index in [4.69, 9.17) is 16.3 Å². The SMILES string of the molecule is CCNC(=O)C1COCCN1c1ncnc(Cl)c1C=O. The summed E-state index contributed by atoms with van der Waals surface area (Å²) in [5, 5.41) is 2.82. The van der Waals surface area contributed by atoms with Crippen LogP contribution in [0.25, 0.3) is 0 Å². The number of aromatic nitrogens is 2. The van der Waals surface area contributed by atoms with Crippen molar-refractivity contribution in [2.24, 2.45) is 0 Å². The molecule has 0 bridgehead atoms. The second-order valence-electron chi connectivity index (χ2n) is 4.20. The molecule has 1 fully saturated rings. The van der Waals surface area contributed by atoms with Gasteiger partial charge in [0.15, 0.2) is 6.29 Å². The first-order valence-electron chi connectivity index (χ1n) is 6.26. The van der Waals surface area contributed by atoms with Crippen molar-refractivity contribution in [1.82, 2.24) is 15.3 Å². The van der Waals surface area contributed by atoms with Crippen molar-refractivity contribution in [2.75, 3.05) is 31.2 Å². The van der Waals surface area contributed by atoms with E-state index in [1.165, 1.54) is 6.33 Å². The minimum Gasteiger partial charge on any atom is -0.377 e. The molecule has 20 heavy (non-hydrogen) atoms. The molecule has 1 saturated heterocycles. The number of hydrogen-bond donors (Lipinski definition) is 1. The normalized spacial score (nSPS) is 18.7. The van der Waals surface area contributed by atoms with Gasteiger partial charge in [0, 0.05) is 13.1 Å². The van der Waals surface area contributed by atoms with E-state index in [2.05, 4.69) is 15.3 Å². The van der Waals surface area contributed by atoms with Crippen molar-refractivity contribution in [1.29, 1.82) is 0 Å². The van der Waals surface area contributed by atoms with Gasteiger partial charge in [-0.2, -0.15) is 0 Å². The first kappa shape index (κ1) is 14.7. The Kier molecular flexibility index (Phi) is 4.86. The van der Waals surface area contributed by atoms with Gasteiger partial charge in [-0.1, -0.05) is 11.6 Å². The van der Waals surface area contributed by atoms with Crippen molar-refractivity contribution in [2.45, 2.75) is 13.0 Å². The third kappa shape index (κ3) is 2.88. The highest BCUT2D eigenvalue weighted by atomic mass is 35.5. The number of carbonyl (C=O) groups excluding carboxylic acids is 2. The Morgan fingerprint density at radius 1 is 1.65 bits per heavy atom. The van der Waals surface area contributed by atoms with E-state index in [0.717, 1.165) is 0 Å². The molecular formula is C12H15ClN4O3. The van der Waals surface area contributed by atoms with Crippen LogP contribution in [0.3, 0.4) is 0 Å². The van der Waals surface area contributed by atoms with Crippen molar-refractivity contribution in [3.05, 3.63) is 17.0 Å². The highest BCUT2D eigenvalue weighted by Crippen LogP contribution is 2.24.